The number of aryl methyl sites for hydroxylation is 2. The standard InChI is InChI=1S/C32H24BFN2/c1-21-12-15-25(16-13-21)36-29-18-22(2)14-17-27(29)33-26-10-6-7-11-28(26)35(24-8-4-3-5-9-24)30-19-23(34)20-31(36)32(30)33/h3-20H,1-2H3. The monoisotopic (exact) mass is 466 g/mol. The van der Waals surface area contributed by atoms with E-state index in [1.807, 2.05) is 18.2 Å². The number of rotatable bonds is 2. The van der Waals surface area contributed by atoms with E-state index in [1.54, 1.807) is 12.1 Å². The molecule has 2 heterocycles. The first-order valence-corrected chi connectivity index (χ1v) is 12.3. The molecule has 7 rings (SSSR count). The highest BCUT2D eigenvalue weighted by Crippen LogP contribution is 2.44. The predicted molar refractivity (Wildman–Crippen MR) is 150 cm³/mol. The van der Waals surface area contributed by atoms with Gasteiger partial charge in [0.2, 0.25) is 0 Å². The van der Waals surface area contributed by atoms with Crippen molar-refractivity contribution in [3.05, 3.63) is 126 Å². The van der Waals surface area contributed by atoms with Crippen molar-refractivity contribution in [2.75, 3.05) is 9.80 Å². The average Bonchev–Trinajstić information content (AvgIpc) is 2.89. The third kappa shape index (κ3) is 3.04. The van der Waals surface area contributed by atoms with Gasteiger partial charge in [-0.25, -0.2) is 4.39 Å². The number of benzene rings is 5. The lowest BCUT2D eigenvalue weighted by Crippen LogP contribution is -2.61. The molecule has 0 aliphatic carbocycles. The minimum absolute atomic E-state index is 0.0176. The quantitative estimate of drug-likeness (QED) is 0.268. The van der Waals surface area contributed by atoms with Gasteiger partial charge < -0.3 is 9.80 Å². The molecule has 0 saturated heterocycles. The molecular formula is C32H24BFN2. The first-order valence-electron chi connectivity index (χ1n) is 12.3. The van der Waals surface area contributed by atoms with E-state index >= 15 is 4.39 Å². The summed E-state index contributed by atoms with van der Waals surface area (Å²) in [7, 11) is 0. The Hall–Kier alpha value is -4.31. The van der Waals surface area contributed by atoms with E-state index in [4.69, 9.17) is 0 Å². The van der Waals surface area contributed by atoms with Crippen molar-refractivity contribution in [2.24, 2.45) is 0 Å². The van der Waals surface area contributed by atoms with Crippen LogP contribution in [-0.4, -0.2) is 6.71 Å². The molecule has 2 aliphatic rings. The molecule has 172 valence electrons. The fraction of sp³-hybridized carbons (Fsp3) is 0.0625. The van der Waals surface area contributed by atoms with Crippen molar-refractivity contribution in [3.8, 4) is 0 Å². The van der Waals surface area contributed by atoms with E-state index in [-0.39, 0.29) is 12.5 Å². The average molecular weight is 466 g/mol. The summed E-state index contributed by atoms with van der Waals surface area (Å²) in [6.45, 7) is 4.22. The zero-order valence-electron chi connectivity index (χ0n) is 20.2. The molecule has 4 heteroatoms. The van der Waals surface area contributed by atoms with Crippen LogP contribution >= 0.6 is 0 Å². The van der Waals surface area contributed by atoms with Crippen LogP contribution in [0.1, 0.15) is 11.1 Å². The van der Waals surface area contributed by atoms with Crippen LogP contribution < -0.4 is 26.2 Å². The Balaban J connectivity index is 1.60. The summed E-state index contributed by atoms with van der Waals surface area (Å²) in [5.74, 6) is -0.240. The van der Waals surface area contributed by atoms with Crippen molar-refractivity contribution in [2.45, 2.75) is 13.8 Å². The Bertz CT molecular complexity index is 1630. The van der Waals surface area contributed by atoms with Crippen LogP contribution in [0.2, 0.25) is 0 Å². The molecule has 0 saturated carbocycles. The minimum Gasteiger partial charge on any atom is -0.311 e. The molecule has 36 heavy (non-hydrogen) atoms. The zero-order chi connectivity index (χ0) is 24.4. The number of fused-ring (bicyclic) bond motifs is 4. The first kappa shape index (κ1) is 21.0. The van der Waals surface area contributed by atoms with Crippen LogP contribution in [0.3, 0.4) is 0 Å². The van der Waals surface area contributed by atoms with Gasteiger partial charge >= 0.3 is 0 Å². The van der Waals surface area contributed by atoms with Crippen molar-refractivity contribution < 1.29 is 4.39 Å². The smallest absolute Gasteiger partial charge is 0.252 e. The van der Waals surface area contributed by atoms with E-state index in [9.17, 15) is 0 Å². The van der Waals surface area contributed by atoms with E-state index < -0.39 is 0 Å². The summed E-state index contributed by atoms with van der Waals surface area (Å²) in [5, 5.41) is 0. The largest absolute Gasteiger partial charge is 0.311 e. The topological polar surface area (TPSA) is 6.48 Å². The van der Waals surface area contributed by atoms with Crippen molar-refractivity contribution >= 4 is 57.2 Å². The molecule has 2 aliphatic heterocycles. The van der Waals surface area contributed by atoms with Crippen LogP contribution in [0.25, 0.3) is 0 Å². The molecule has 0 bridgehead atoms. The molecule has 0 aromatic heterocycles. The van der Waals surface area contributed by atoms with Crippen molar-refractivity contribution in [3.63, 3.8) is 0 Å². The molecule has 0 amide bonds. The number of halogens is 1. The molecule has 5 aromatic rings. The minimum atomic E-state index is -0.240. The third-order valence-electron chi connectivity index (χ3n) is 7.40. The van der Waals surface area contributed by atoms with Gasteiger partial charge in [0.15, 0.2) is 0 Å². The maximum atomic E-state index is 15.5. The molecule has 0 spiro atoms. The maximum Gasteiger partial charge on any atom is 0.252 e. The number of hydrogen-bond acceptors (Lipinski definition) is 2. The molecule has 2 nitrogen and oxygen atoms in total. The Morgan fingerprint density at radius 3 is 1.86 bits per heavy atom. The van der Waals surface area contributed by atoms with Gasteiger partial charge in [0.25, 0.3) is 6.71 Å². The van der Waals surface area contributed by atoms with E-state index in [1.165, 1.54) is 22.1 Å². The molecule has 0 fully saturated rings. The maximum absolute atomic E-state index is 15.5. The molecule has 0 atom stereocenters. The van der Waals surface area contributed by atoms with Gasteiger partial charge in [-0.3, -0.25) is 0 Å². The Morgan fingerprint density at radius 2 is 1.11 bits per heavy atom. The zero-order valence-corrected chi connectivity index (χ0v) is 20.2. The summed E-state index contributed by atoms with van der Waals surface area (Å²) >= 11 is 0. The second-order valence-electron chi connectivity index (χ2n) is 9.75. The molecule has 0 radical (unpaired) electrons. The Labute approximate surface area is 211 Å². The van der Waals surface area contributed by atoms with Gasteiger partial charge in [-0.1, -0.05) is 66.2 Å². The summed E-state index contributed by atoms with van der Waals surface area (Å²) in [4.78, 5) is 4.44. The van der Waals surface area contributed by atoms with Gasteiger partial charge in [0.05, 0.1) is 0 Å². The van der Waals surface area contributed by atoms with Crippen LogP contribution in [0.5, 0.6) is 0 Å². The van der Waals surface area contributed by atoms with E-state index in [0.29, 0.717) is 0 Å². The summed E-state index contributed by atoms with van der Waals surface area (Å²) < 4.78 is 15.5. The fourth-order valence-corrected chi connectivity index (χ4v) is 5.85. The third-order valence-corrected chi connectivity index (χ3v) is 7.40. The van der Waals surface area contributed by atoms with Crippen molar-refractivity contribution in [1.82, 2.24) is 0 Å². The highest BCUT2D eigenvalue weighted by atomic mass is 19.1. The van der Waals surface area contributed by atoms with Crippen LogP contribution in [-0.2, 0) is 0 Å². The highest BCUT2D eigenvalue weighted by Gasteiger charge is 2.43. The fourth-order valence-electron chi connectivity index (χ4n) is 5.85. The molecule has 5 aromatic carbocycles. The van der Waals surface area contributed by atoms with Gasteiger partial charge in [-0.05, 0) is 84.3 Å². The Kier molecular flexibility index (Phi) is 4.59. The number of anilines is 6. The van der Waals surface area contributed by atoms with Crippen molar-refractivity contribution in [1.29, 1.82) is 0 Å². The lowest BCUT2D eigenvalue weighted by molar-refractivity contribution is 0.628. The van der Waals surface area contributed by atoms with Crippen LogP contribution in [0.4, 0.5) is 38.5 Å². The molecule has 0 N–H and O–H groups in total. The Morgan fingerprint density at radius 1 is 0.528 bits per heavy atom. The van der Waals surface area contributed by atoms with Gasteiger partial charge in [-0.15, -0.1) is 0 Å². The molecule has 0 unspecified atom stereocenters. The second-order valence-corrected chi connectivity index (χ2v) is 9.75. The van der Waals surface area contributed by atoms with Gasteiger partial charge in [-0.2, -0.15) is 0 Å². The van der Waals surface area contributed by atoms with Gasteiger partial charge in [0.1, 0.15) is 5.82 Å². The van der Waals surface area contributed by atoms with E-state index in [0.717, 1.165) is 39.6 Å². The number of para-hydroxylation sites is 2. The highest BCUT2D eigenvalue weighted by molar-refractivity contribution is 7.00. The molecular weight excluding hydrogens is 442 g/mol. The van der Waals surface area contributed by atoms with E-state index in [2.05, 4.69) is 103 Å². The lowest BCUT2D eigenvalue weighted by Gasteiger charge is -2.44. The summed E-state index contributed by atoms with van der Waals surface area (Å²) in [6, 6.07) is 37.4. The number of hydrogen-bond donors (Lipinski definition) is 0. The summed E-state index contributed by atoms with van der Waals surface area (Å²) in [5.41, 5.74) is 12.0. The number of nitrogens with zero attached hydrogens (tertiary/aromatic N) is 2. The predicted octanol–water partition coefficient (Wildman–Crippen LogP) is 6.53. The van der Waals surface area contributed by atoms with Crippen LogP contribution in [0, 0.1) is 19.7 Å². The van der Waals surface area contributed by atoms with Gasteiger partial charge in [0, 0.05) is 34.1 Å². The normalized spacial score (nSPS) is 13.2. The lowest BCUT2D eigenvalue weighted by atomic mass is 9.33. The summed E-state index contributed by atoms with van der Waals surface area (Å²) in [6.07, 6.45) is 0. The first-order chi connectivity index (χ1) is 17.6. The van der Waals surface area contributed by atoms with Crippen LogP contribution in [0.15, 0.2) is 109 Å². The SMILES string of the molecule is Cc1ccc(N2c3cc(C)ccc3B3c4ccccc4N(c4ccccc4)c4cc(F)cc2c43)cc1. The second kappa shape index (κ2) is 7.86.